The van der Waals surface area contributed by atoms with Gasteiger partial charge in [-0.3, -0.25) is 0 Å². The van der Waals surface area contributed by atoms with Crippen molar-refractivity contribution in [1.29, 1.82) is 0 Å². The smallest absolute Gasteiger partial charge is 0.280 e. The standard InChI is InChI=1S/C21H21Cl2NSi/c1-3-25(22,23)21-15-13-20(14-16-21)24(18-7-5-4-6-8-18)19-11-9-17(2)10-12-19/h4-16H,3H2,1-2H3. The maximum absolute atomic E-state index is 6.52. The molecule has 128 valence electrons. The van der Waals surface area contributed by atoms with E-state index in [9.17, 15) is 0 Å². The number of aryl methyl sites for hydroxylation is 1. The summed E-state index contributed by atoms with van der Waals surface area (Å²) in [6.45, 7) is 1.79. The molecule has 0 amide bonds. The normalized spacial score (nSPS) is 11.4. The molecule has 0 bridgehead atoms. The number of rotatable bonds is 5. The van der Waals surface area contributed by atoms with Crippen molar-refractivity contribution >= 4 is 51.1 Å². The Morgan fingerprint density at radius 3 is 1.72 bits per heavy atom. The molecule has 25 heavy (non-hydrogen) atoms. The van der Waals surface area contributed by atoms with Gasteiger partial charge in [-0.05, 0) is 54.6 Å². The molecule has 0 heterocycles. The van der Waals surface area contributed by atoms with Crippen molar-refractivity contribution in [3.8, 4) is 0 Å². The van der Waals surface area contributed by atoms with E-state index in [-0.39, 0.29) is 0 Å². The van der Waals surface area contributed by atoms with Crippen LogP contribution in [0.5, 0.6) is 0 Å². The van der Waals surface area contributed by atoms with Crippen LogP contribution in [0.2, 0.25) is 6.04 Å². The third-order valence-electron chi connectivity index (χ3n) is 4.30. The zero-order valence-electron chi connectivity index (χ0n) is 14.4. The topological polar surface area (TPSA) is 3.24 Å². The Morgan fingerprint density at radius 2 is 1.20 bits per heavy atom. The lowest BCUT2D eigenvalue weighted by Gasteiger charge is -2.26. The van der Waals surface area contributed by atoms with E-state index in [4.69, 9.17) is 22.2 Å². The number of nitrogens with zero attached hydrogens (tertiary/aromatic N) is 1. The van der Waals surface area contributed by atoms with Crippen LogP contribution in [-0.4, -0.2) is 6.69 Å². The zero-order chi connectivity index (χ0) is 17.9. The van der Waals surface area contributed by atoms with Crippen molar-refractivity contribution in [3.63, 3.8) is 0 Å². The fraction of sp³-hybridized carbons (Fsp3) is 0.143. The Balaban J connectivity index is 2.05. The van der Waals surface area contributed by atoms with E-state index >= 15 is 0 Å². The fourth-order valence-corrected chi connectivity index (χ4v) is 4.60. The molecular weight excluding hydrogens is 365 g/mol. The lowest BCUT2D eigenvalue weighted by Crippen LogP contribution is -2.35. The molecule has 0 N–H and O–H groups in total. The second-order valence-corrected chi connectivity index (χ2v) is 13.3. The minimum Gasteiger partial charge on any atom is -0.311 e. The highest BCUT2D eigenvalue weighted by Crippen LogP contribution is 2.34. The van der Waals surface area contributed by atoms with Crippen LogP contribution in [0.3, 0.4) is 0 Å². The van der Waals surface area contributed by atoms with E-state index in [0.717, 1.165) is 28.3 Å². The Hall–Kier alpha value is -1.74. The molecule has 1 nitrogen and oxygen atoms in total. The van der Waals surface area contributed by atoms with Crippen LogP contribution in [0.1, 0.15) is 12.5 Å². The molecule has 0 aromatic heterocycles. The third-order valence-corrected chi connectivity index (χ3v) is 9.28. The third kappa shape index (κ3) is 4.09. The van der Waals surface area contributed by atoms with E-state index in [2.05, 4.69) is 84.6 Å². The first-order valence-corrected chi connectivity index (χ1v) is 12.6. The van der Waals surface area contributed by atoms with Crippen LogP contribution >= 0.6 is 22.2 Å². The van der Waals surface area contributed by atoms with Gasteiger partial charge in [-0.1, -0.05) is 55.0 Å². The maximum atomic E-state index is 6.52. The average molecular weight is 386 g/mol. The molecule has 0 spiro atoms. The van der Waals surface area contributed by atoms with E-state index in [1.165, 1.54) is 5.56 Å². The van der Waals surface area contributed by atoms with Crippen molar-refractivity contribution in [2.75, 3.05) is 4.90 Å². The average Bonchev–Trinajstić information content (AvgIpc) is 2.65. The molecule has 4 heteroatoms. The molecule has 0 aliphatic heterocycles. The largest absolute Gasteiger partial charge is 0.311 e. The van der Waals surface area contributed by atoms with Gasteiger partial charge in [0.1, 0.15) is 0 Å². The van der Waals surface area contributed by atoms with Gasteiger partial charge in [0.05, 0.1) is 0 Å². The molecule has 0 atom stereocenters. The van der Waals surface area contributed by atoms with Gasteiger partial charge in [-0.2, -0.15) is 0 Å². The SMILES string of the molecule is CC[Si](Cl)(Cl)c1ccc(N(c2ccccc2)c2ccc(C)cc2)cc1. The molecule has 0 saturated carbocycles. The Labute approximate surface area is 160 Å². The molecule has 0 radical (unpaired) electrons. The number of halogens is 2. The fourth-order valence-electron chi connectivity index (χ4n) is 2.78. The van der Waals surface area contributed by atoms with E-state index in [1.54, 1.807) is 0 Å². The van der Waals surface area contributed by atoms with Crippen LogP contribution in [0.15, 0.2) is 78.9 Å². The number of hydrogen-bond donors (Lipinski definition) is 0. The quantitative estimate of drug-likeness (QED) is 0.352. The molecule has 3 aromatic rings. The number of benzene rings is 3. The van der Waals surface area contributed by atoms with Crippen LogP contribution in [0, 0.1) is 6.92 Å². The summed E-state index contributed by atoms with van der Waals surface area (Å²) < 4.78 is 0. The highest BCUT2D eigenvalue weighted by Gasteiger charge is 2.28. The zero-order valence-corrected chi connectivity index (χ0v) is 16.9. The summed E-state index contributed by atoms with van der Waals surface area (Å²) in [5.74, 6) is 0. The van der Waals surface area contributed by atoms with E-state index in [0.29, 0.717) is 0 Å². The summed E-state index contributed by atoms with van der Waals surface area (Å²) >= 11 is 13.0. The van der Waals surface area contributed by atoms with Crippen molar-refractivity contribution in [2.45, 2.75) is 19.9 Å². The summed E-state index contributed by atoms with van der Waals surface area (Å²) in [6.07, 6.45) is 0. The first kappa shape index (κ1) is 18.1. The molecule has 0 aliphatic rings. The second-order valence-electron chi connectivity index (χ2n) is 6.11. The summed E-state index contributed by atoms with van der Waals surface area (Å²) in [6, 6.07) is 28.0. The molecule has 0 fully saturated rings. The van der Waals surface area contributed by atoms with Crippen LogP contribution in [0.25, 0.3) is 0 Å². The second kappa shape index (κ2) is 7.65. The van der Waals surface area contributed by atoms with Gasteiger partial charge in [-0.15, -0.1) is 22.2 Å². The van der Waals surface area contributed by atoms with Crippen molar-refractivity contribution < 1.29 is 0 Å². The van der Waals surface area contributed by atoms with Crippen LogP contribution in [-0.2, 0) is 0 Å². The number of hydrogen-bond acceptors (Lipinski definition) is 1. The van der Waals surface area contributed by atoms with Gasteiger partial charge < -0.3 is 4.90 Å². The van der Waals surface area contributed by atoms with Crippen molar-refractivity contribution in [1.82, 2.24) is 0 Å². The molecule has 3 rings (SSSR count). The van der Waals surface area contributed by atoms with Crippen LogP contribution < -0.4 is 10.1 Å². The van der Waals surface area contributed by atoms with E-state index in [1.807, 2.05) is 13.0 Å². The van der Waals surface area contributed by atoms with Crippen LogP contribution in [0.4, 0.5) is 17.1 Å². The number of anilines is 3. The van der Waals surface area contributed by atoms with Gasteiger partial charge in [0, 0.05) is 17.1 Å². The lowest BCUT2D eigenvalue weighted by molar-refractivity contribution is 1.28. The first-order valence-electron chi connectivity index (χ1n) is 8.41. The summed E-state index contributed by atoms with van der Waals surface area (Å²) in [5, 5.41) is 1.05. The summed E-state index contributed by atoms with van der Waals surface area (Å²) in [4.78, 5) is 2.24. The van der Waals surface area contributed by atoms with Gasteiger partial charge in [0.25, 0.3) is 6.69 Å². The summed E-state index contributed by atoms with van der Waals surface area (Å²) in [5.41, 5.74) is 4.58. The minimum atomic E-state index is -2.35. The van der Waals surface area contributed by atoms with Crippen molar-refractivity contribution in [2.24, 2.45) is 0 Å². The van der Waals surface area contributed by atoms with E-state index < -0.39 is 6.69 Å². The van der Waals surface area contributed by atoms with Gasteiger partial charge >= 0.3 is 0 Å². The Morgan fingerprint density at radius 1 is 0.720 bits per heavy atom. The van der Waals surface area contributed by atoms with Gasteiger partial charge in [-0.25, -0.2) is 0 Å². The van der Waals surface area contributed by atoms with Gasteiger partial charge in [0.15, 0.2) is 0 Å². The minimum absolute atomic E-state index is 0.801. The number of para-hydroxylation sites is 1. The summed E-state index contributed by atoms with van der Waals surface area (Å²) in [7, 11) is 0. The maximum Gasteiger partial charge on any atom is 0.280 e. The van der Waals surface area contributed by atoms with Gasteiger partial charge in [0.2, 0.25) is 0 Å². The van der Waals surface area contributed by atoms with Crippen molar-refractivity contribution in [3.05, 3.63) is 84.4 Å². The monoisotopic (exact) mass is 385 g/mol. The molecular formula is C21H21Cl2NSi. The highest BCUT2D eigenvalue weighted by molar-refractivity contribution is 7.50. The highest BCUT2D eigenvalue weighted by atomic mass is 35.7. The molecule has 0 aliphatic carbocycles. The molecule has 0 saturated heterocycles. The Kier molecular flexibility index (Phi) is 5.53. The molecule has 0 unspecified atom stereocenters. The lowest BCUT2D eigenvalue weighted by atomic mass is 10.1. The molecule has 3 aromatic carbocycles. The first-order chi connectivity index (χ1) is 12.0. The predicted molar refractivity (Wildman–Crippen MR) is 113 cm³/mol. The predicted octanol–water partition coefficient (Wildman–Crippen LogP) is 6.61. The Bertz CT molecular complexity index is 815.